The standard InChI is InChI=1S/C13H29N3/c1-13(2)5-10-16-9-4-8-15(11-12-16)7-3-6-14/h13H,3-12,14H2,1-2H3. The number of hydrogen-bond acceptors (Lipinski definition) is 3. The molecule has 1 fully saturated rings. The molecule has 0 amide bonds. The summed E-state index contributed by atoms with van der Waals surface area (Å²) in [6.07, 6.45) is 3.80. The molecule has 0 aromatic carbocycles. The quantitative estimate of drug-likeness (QED) is 0.744. The molecule has 0 unspecified atom stereocenters. The summed E-state index contributed by atoms with van der Waals surface area (Å²) in [4.78, 5) is 5.20. The SMILES string of the molecule is CC(C)CCN1CCCN(CCCN)CC1. The van der Waals surface area contributed by atoms with Crippen LogP contribution < -0.4 is 5.73 Å². The number of hydrogen-bond donors (Lipinski definition) is 1. The van der Waals surface area contributed by atoms with Gasteiger partial charge in [-0.3, -0.25) is 0 Å². The van der Waals surface area contributed by atoms with E-state index in [0.717, 1.165) is 18.9 Å². The molecule has 0 bridgehead atoms. The Morgan fingerprint density at radius 3 is 2.19 bits per heavy atom. The first-order chi connectivity index (χ1) is 7.72. The first kappa shape index (κ1) is 13.9. The Morgan fingerprint density at radius 1 is 1.00 bits per heavy atom. The van der Waals surface area contributed by atoms with E-state index in [1.54, 1.807) is 0 Å². The second-order valence-corrected chi connectivity index (χ2v) is 5.36. The first-order valence-corrected chi connectivity index (χ1v) is 6.87. The lowest BCUT2D eigenvalue weighted by atomic mass is 10.1. The Bertz CT molecular complexity index is 171. The Kier molecular flexibility index (Phi) is 7.01. The largest absolute Gasteiger partial charge is 0.330 e. The van der Waals surface area contributed by atoms with Crippen LogP contribution in [0.1, 0.15) is 33.1 Å². The highest BCUT2D eigenvalue weighted by Gasteiger charge is 2.13. The molecule has 96 valence electrons. The molecule has 3 heteroatoms. The van der Waals surface area contributed by atoms with Crippen LogP contribution in [0.5, 0.6) is 0 Å². The summed E-state index contributed by atoms with van der Waals surface area (Å²) in [6, 6.07) is 0. The van der Waals surface area contributed by atoms with Gasteiger partial charge in [0.2, 0.25) is 0 Å². The smallest absolute Gasteiger partial charge is 0.0109 e. The van der Waals surface area contributed by atoms with Crippen molar-refractivity contribution in [2.45, 2.75) is 33.1 Å². The summed E-state index contributed by atoms with van der Waals surface area (Å²) in [5.41, 5.74) is 5.56. The lowest BCUT2D eigenvalue weighted by Crippen LogP contribution is -2.32. The zero-order valence-electron chi connectivity index (χ0n) is 11.1. The average Bonchev–Trinajstić information content (AvgIpc) is 2.48. The Morgan fingerprint density at radius 2 is 1.62 bits per heavy atom. The van der Waals surface area contributed by atoms with Gasteiger partial charge in [-0.25, -0.2) is 0 Å². The molecule has 1 saturated heterocycles. The van der Waals surface area contributed by atoms with Gasteiger partial charge in [0.15, 0.2) is 0 Å². The number of nitrogens with two attached hydrogens (primary N) is 1. The Labute approximate surface area is 101 Å². The lowest BCUT2D eigenvalue weighted by molar-refractivity contribution is 0.246. The van der Waals surface area contributed by atoms with Crippen LogP contribution in [-0.2, 0) is 0 Å². The van der Waals surface area contributed by atoms with Crippen LogP contribution in [0, 0.1) is 5.92 Å². The van der Waals surface area contributed by atoms with Crippen molar-refractivity contribution in [3.8, 4) is 0 Å². The molecule has 0 aromatic heterocycles. The van der Waals surface area contributed by atoms with Gasteiger partial charge in [0.05, 0.1) is 0 Å². The van der Waals surface area contributed by atoms with Gasteiger partial charge in [-0.2, -0.15) is 0 Å². The van der Waals surface area contributed by atoms with Crippen LogP contribution in [0.15, 0.2) is 0 Å². The molecule has 0 aliphatic carbocycles. The third kappa shape index (κ3) is 5.83. The van der Waals surface area contributed by atoms with E-state index in [2.05, 4.69) is 23.6 Å². The Balaban J connectivity index is 2.18. The van der Waals surface area contributed by atoms with Crippen molar-refractivity contribution in [2.24, 2.45) is 11.7 Å². The predicted octanol–water partition coefficient (Wildman–Crippen LogP) is 1.39. The zero-order valence-corrected chi connectivity index (χ0v) is 11.1. The van der Waals surface area contributed by atoms with Crippen LogP contribution >= 0.6 is 0 Å². The van der Waals surface area contributed by atoms with E-state index in [1.165, 1.54) is 52.1 Å². The van der Waals surface area contributed by atoms with Gasteiger partial charge >= 0.3 is 0 Å². The van der Waals surface area contributed by atoms with Crippen molar-refractivity contribution >= 4 is 0 Å². The highest BCUT2D eigenvalue weighted by molar-refractivity contribution is 4.70. The molecule has 0 atom stereocenters. The van der Waals surface area contributed by atoms with Crippen LogP contribution in [0.4, 0.5) is 0 Å². The van der Waals surface area contributed by atoms with Gasteiger partial charge in [0.1, 0.15) is 0 Å². The molecular formula is C13H29N3. The highest BCUT2D eigenvalue weighted by atomic mass is 15.2. The van der Waals surface area contributed by atoms with E-state index < -0.39 is 0 Å². The molecule has 1 aliphatic heterocycles. The van der Waals surface area contributed by atoms with Crippen molar-refractivity contribution in [1.29, 1.82) is 0 Å². The minimum atomic E-state index is 0.827. The molecule has 0 radical (unpaired) electrons. The summed E-state index contributed by atoms with van der Waals surface area (Å²) in [5, 5.41) is 0. The van der Waals surface area contributed by atoms with E-state index >= 15 is 0 Å². The number of nitrogens with zero attached hydrogens (tertiary/aromatic N) is 2. The zero-order chi connectivity index (χ0) is 11.8. The van der Waals surface area contributed by atoms with E-state index in [1.807, 2.05) is 0 Å². The fourth-order valence-corrected chi connectivity index (χ4v) is 2.23. The monoisotopic (exact) mass is 227 g/mol. The summed E-state index contributed by atoms with van der Waals surface area (Å²) in [5.74, 6) is 0.830. The number of rotatable bonds is 6. The highest BCUT2D eigenvalue weighted by Crippen LogP contribution is 2.07. The molecule has 2 N–H and O–H groups in total. The van der Waals surface area contributed by atoms with Crippen molar-refractivity contribution < 1.29 is 0 Å². The predicted molar refractivity (Wildman–Crippen MR) is 70.6 cm³/mol. The van der Waals surface area contributed by atoms with Crippen molar-refractivity contribution in [3.05, 3.63) is 0 Å². The van der Waals surface area contributed by atoms with E-state index in [9.17, 15) is 0 Å². The normalized spacial score (nSPS) is 20.2. The molecule has 1 rings (SSSR count). The van der Waals surface area contributed by atoms with Crippen LogP contribution in [0.2, 0.25) is 0 Å². The fourth-order valence-electron chi connectivity index (χ4n) is 2.23. The first-order valence-electron chi connectivity index (χ1n) is 6.87. The third-order valence-corrected chi connectivity index (χ3v) is 3.38. The summed E-state index contributed by atoms with van der Waals surface area (Å²) in [6.45, 7) is 12.9. The molecule has 0 saturated carbocycles. The maximum absolute atomic E-state index is 5.56. The molecule has 1 aliphatic rings. The molecular weight excluding hydrogens is 198 g/mol. The van der Waals surface area contributed by atoms with Gasteiger partial charge in [-0.1, -0.05) is 13.8 Å². The summed E-state index contributed by atoms with van der Waals surface area (Å²) < 4.78 is 0. The van der Waals surface area contributed by atoms with Gasteiger partial charge < -0.3 is 15.5 Å². The average molecular weight is 227 g/mol. The van der Waals surface area contributed by atoms with Gasteiger partial charge in [-0.05, 0) is 57.9 Å². The third-order valence-electron chi connectivity index (χ3n) is 3.38. The summed E-state index contributed by atoms with van der Waals surface area (Å²) in [7, 11) is 0. The minimum absolute atomic E-state index is 0.827. The van der Waals surface area contributed by atoms with Crippen LogP contribution in [0.3, 0.4) is 0 Å². The van der Waals surface area contributed by atoms with Crippen molar-refractivity contribution in [1.82, 2.24) is 9.80 Å². The fraction of sp³-hybridized carbons (Fsp3) is 1.00. The van der Waals surface area contributed by atoms with Gasteiger partial charge in [0, 0.05) is 13.1 Å². The maximum atomic E-state index is 5.56. The van der Waals surface area contributed by atoms with Crippen molar-refractivity contribution in [2.75, 3.05) is 45.8 Å². The molecule has 0 aromatic rings. The Hall–Kier alpha value is -0.120. The lowest BCUT2D eigenvalue weighted by Gasteiger charge is -2.22. The topological polar surface area (TPSA) is 32.5 Å². The van der Waals surface area contributed by atoms with Gasteiger partial charge in [-0.15, -0.1) is 0 Å². The van der Waals surface area contributed by atoms with Gasteiger partial charge in [0.25, 0.3) is 0 Å². The second-order valence-electron chi connectivity index (χ2n) is 5.36. The minimum Gasteiger partial charge on any atom is -0.330 e. The summed E-state index contributed by atoms with van der Waals surface area (Å²) >= 11 is 0. The maximum Gasteiger partial charge on any atom is 0.0109 e. The molecule has 1 heterocycles. The van der Waals surface area contributed by atoms with Crippen molar-refractivity contribution in [3.63, 3.8) is 0 Å². The van der Waals surface area contributed by atoms with Crippen LogP contribution in [-0.4, -0.2) is 55.6 Å². The second kappa shape index (κ2) is 8.04. The molecule has 0 spiro atoms. The van der Waals surface area contributed by atoms with Crippen LogP contribution in [0.25, 0.3) is 0 Å². The molecule has 16 heavy (non-hydrogen) atoms. The van der Waals surface area contributed by atoms with E-state index in [-0.39, 0.29) is 0 Å². The van der Waals surface area contributed by atoms with E-state index in [0.29, 0.717) is 0 Å². The molecule has 3 nitrogen and oxygen atoms in total. The van der Waals surface area contributed by atoms with E-state index in [4.69, 9.17) is 5.73 Å².